The minimum Gasteiger partial charge on any atom is -0.469 e. The molecule has 2 aliphatic carbocycles. The lowest BCUT2D eigenvalue weighted by Crippen LogP contribution is -2.52. The van der Waals surface area contributed by atoms with E-state index in [4.69, 9.17) is 9.47 Å². The van der Waals surface area contributed by atoms with Crippen LogP contribution in [-0.2, 0) is 14.3 Å². The molecule has 2 saturated carbocycles. The zero-order chi connectivity index (χ0) is 24.6. The average Bonchev–Trinajstić information content (AvgIpc) is 3.75. The molecule has 0 aromatic rings. The zero-order valence-electron chi connectivity index (χ0n) is 22.7. The average molecular weight is 495 g/mol. The predicted molar refractivity (Wildman–Crippen MR) is 141 cm³/mol. The molecule has 2 saturated heterocycles. The van der Waals surface area contributed by atoms with Gasteiger partial charge in [-0.25, -0.2) is 0 Å². The Kier molecular flexibility index (Phi) is 8.33. The third-order valence-electron chi connectivity index (χ3n) is 9.94. The van der Waals surface area contributed by atoms with Crippen molar-refractivity contribution in [3.63, 3.8) is 0 Å². The molecule has 34 heavy (non-hydrogen) atoms. The summed E-state index contributed by atoms with van der Waals surface area (Å²) < 4.78 is 11.9. The first-order valence-electron chi connectivity index (χ1n) is 13.8. The van der Waals surface area contributed by atoms with Crippen LogP contribution in [0, 0.1) is 28.1 Å². The topological polar surface area (TPSA) is 42.0 Å². The maximum atomic E-state index is 12.7. The number of piperidine rings is 2. The summed E-state index contributed by atoms with van der Waals surface area (Å²) in [6, 6.07) is 0. The lowest BCUT2D eigenvalue weighted by atomic mass is 9.61. The van der Waals surface area contributed by atoms with Crippen molar-refractivity contribution in [3.05, 3.63) is 0 Å². The molecule has 0 aromatic carbocycles. The Hall–Kier alpha value is -0.300. The number of carbonyl (C=O) groups excluding carboxylic acids is 1. The Labute approximate surface area is 213 Å². The van der Waals surface area contributed by atoms with Gasteiger partial charge < -0.3 is 19.3 Å². The number of nitrogens with zero attached hydrogens (tertiary/aromatic N) is 2. The fourth-order valence-electron chi connectivity index (χ4n) is 6.56. The molecule has 0 spiro atoms. The number of ether oxygens (including phenoxy) is 2. The number of methoxy groups -OCH3 is 1. The van der Waals surface area contributed by atoms with Crippen molar-refractivity contribution in [1.82, 2.24) is 9.80 Å². The molecule has 4 rings (SSSR count). The van der Waals surface area contributed by atoms with Crippen molar-refractivity contribution in [1.29, 1.82) is 0 Å². The van der Waals surface area contributed by atoms with Crippen LogP contribution in [0.2, 0.25) is 0 Å². The van der Waals surface area contributed by atoms with Gasteiger partial charge in [-0.15, -0.1) is 0 Å². The highest BCUT2D eigenvalue weighted by Gasteiger charge is 2.52. The molecule has 5 nitrogen and oxygen atoms in total. The van der Waals surface area contributed by atoms with Crippen LogP contribution >= 0.6 is 11.8 Å². The highest BCUT2D eigenvalue weighted by Crippen LogP contribution is 2.49. The quantitative estimate of drug-likeness (QED) is 0.401. The lowest BCUT2D eigenvalue weighted by molar-refractivity contribution is -0.165. The van der Waals surface area contributed by atoms with Crippen molar-refractivity contribution in [2.45, 2.75) is 84.0 Å². The fraction of sp³-hybridized carbons (Fsp3) is 0.964. The van der Waals surface area contributed by atoms with Crippen LogP contribution in [0.3, 0.4) is 0 Å². The highest BCUT2D eigenvalue weighted by atomic mass is 32.2. The van der Waals surface area contributed by atoms with Gasteiger partial charge in [-0.05, 0) is 88.7 Å². The first-order valence-corrected chi connectivity index (χ1v) is 15.1. The molecule has 3 unspecified atom stereocenters. The molecule has 196 valence electrons. The van der Waals surface area contributed by atoms with E-state index in [-0.39, 0.29) is 16.8 Å². The Morgan fingerprint density at radius 1 is 1.03 bits per heavy atom. The van der Waals surface area contributed by atoms with Crippen LogP contribution in [0.25, 0.3) is 0 Å². The summed E-state index contributed by atoms with van der Waals surface area (Å²) >= 11 is 2.02. The lowest BCUT2D eigenvalue weighted by Gasteiger charge is -2.47. The number of hydrogen-bond donors (Lipinski definition) is 0. The van der Waals surface area contributed by atoms with Crippen molar-refractivity contribution >= 4 is 17.7 Å². The van der Waals surface area contributed by atoms with Crippen molar-refractivity contribution in [3.8, 4) is 0 Å². The molecule has 2 heterocycles. The summed E-state index contributed by atoms with van der Waals surface area (Å²) in [4.78, 5) is 18.0. The predicted octanol–water partition coefficient (Wildman–Crippen LogP) is 4.94. The van der Waals surface area contributed by atoms with Crippen LogP contribution in [0.1, 0.15) is 72.6 Å². The van der Waals surface area contributed by atoms with Gasteiger partial charge in [0.25, 0.3) is 0 Å². The van der Waals surface area contributed by atoms with Gasteiger partial charge in [-0.1, -0.05) is 27.7 Å². The van der Waals surface area contributed by atoms with Gasteiger partial charge in [0.1, 0.15) is 0 Å². The van der Waals surface area contributed by atoms with Gasteiger partial charge in [0.15, 0.2) is 0 Å². The number of rotatable bonds is 10. The molecule has 0 aromatic heterocycles. The SMILES string of the molecule is COC(=O)C1(C(C)(C)C)CCN(CC2CC2OCC2(C(C)SC)CCN(CC3CC3)CC2)CC1. The number of hydrogen-bond acceptors (Lipinski definition) is 6. The van der Waals surface area contributed by atoms with Crippen LogP contribution in [0.5, 0.6) is 0 Å². The molecule has 0 radical (unpaired) electrons. The number of likely N-dealkylation sites (tertiary alicyclic amines) is 2. The Morgan fingerprint density at radius 3 is 2.15 bits per heavy atom. The van der Waals surface area contributed by atoms with Gasteiger partial charge in [0.05, 0.1) is 25.2 Å². The van der Waals surface area contributed by atoms with E-state index in [1.807, 2.05) is 11.8 Å². The summed E-state index contributed by atoms with van der Waals surface area (Å²) in [6.07, 6.45) is 11.2. The van der Waals surface area contributed by atoms with Gasteiger partial charge in [-0.3, -0.25) is 4.79 Å². The van der Waals surface area contributed by atoms with E-state index in [1.54, 1.807) is 0 Å². The second-order valence-corrected chi connectivity index (χ2v) is 14.1. The Bertz CT molecular complexity index is 688. The third kappa shape index (κ3) is 5.81. The van der Waals surface area contributed by atoms with Crippen LogP contribution in [0.15, 0.2) is 0 Å². The highest BCUT2D eigenvalue weighted by molar-refractivity contribution is 7.99. The molecule has 2 aliphatic heterocycles. The van der Waals surface area contributed by atoms with Crippen LogP contribution in [-0.4, -0.2) is 86.4 Å². The molecular weight excluding hydrogens is 444 g/mol. The fourth-order valence-corrected chi connectivity index (χ4v) is 7.36. The summed E-state index contributed by atoms with van der Waals surface area (Å²) in [7, 11) is 1.54. The van der Waals surface area contributed by atoms with Gasteiger partial charge in [-0.2, -0.15) is 11.8 Å². The summed E-state index contributed by atoms with van der Waals surface area (Å²) in [5, 5.41) is 0.652. The van der Waals surface area contributed by atoms with Crippen molar-refractivity contribution < 1.29 is 14.3 Å². The van der Waals surface area contributed by atoms with E-state index in [9.17, 15) is 4.79 Å². The Balaban J connectivity index is 1.23. The zero-order valence-corrected chi connectivity index (χ0v) is 23.6. The molecule has 0 bridgehead atoms. The van der Waals surface area contributed by atoms with Gasteiger partial charge >= 0.3 is 5.97 Å². The van der Waals surface area contributed by atoms with Gasteiger partial charge in [0.2, 0.25) is 0 Å². The third-order valence-corrected chi connectivity index (χ3v) is 11.1. The second-order valence-electron chi connectivity index (χ2n) is 13.0. The Morgan fingerprint density at radius 2 is 1.62 bits per heavy atom. The summed E-state index contributed by atoms with van der Waals surface area (Å²) in [5.74, 6) is 1.63. The summed E-state index contributed by atoms with van der Waals surface area (Å²) in [6.45, 7) is 16.8. The molecule has 4 fully saturated rings. The van der Waals surface area contributed by atoms with E-state index < -0.39 is 0 Å². The van der Waals surface area contributed by atoms with Gasteiger partial charge in [0, 0.05) is 29.7 Å². The minimum absolute atomic E-state index is 0.0244. The summed E-state index contributed by atoms with van der Waals surface area (Å²) in [5.41, 5.74) is -0.0923. The van der Waals surface area contributed by atoms with Crippen molar-refractivity contribution in [2.24, 2.45) is 28.1 Å². The normalized spacial score (nSPS) is 30.6. The largest absolute Gasteiger partial charge is 0.469 e. The molecule has 0 amide bonds. The molecule has 3 atom stereocenters. The smallest absolute Gasteiger partial charge is 0.312 e. The first-order chi connectivity index (χ1) is 16.1. The van der Waals surface area contributed by atoms with E-state index in [0.29, 0.717) is 22.7 Å². The molecule has 6 heteroatoms. The maximum Gasteiger partial charge on any atom is 0.312 e. The molecule has 0 N–H and O–H groups in total. The van der Waals surface area contributed by atoms with E-state index in [0.717, 1.165) is 45.0 Å². The number of carbonyl (C=O) groups is 1. The molecule has 4 aliphatic rings. The van der Waals surface area contributed by atoms with Crippen molar-refractivity contribution in [2.75, 3.05) is 59.2 Å². The first kappa shape index (κ1) is 26.8. The standard InChI is InChI=1S/C28H50N2O3S/c1-21(34-6)27(9-13-29(14-10-27)18-22-7-8-22)20-33-24-17-23(24)19-30-15-11-28(12-16-30,25(31)32-5)26(2,3)4/h21-24H,7-20H2,1-6H3. The van der Waals surface area contributed by atoms with Crippen LogP contribution < -0.4 is 0 Å². The number of esters is 1. The molecular formula is C28H50N2O3S. The van der Waals surface area contributed by atoms with E-state index in [2.05, 4.69) is 43.8 Å². The van der Waals surface area contributed by atoms with E-state index >= 15 is 0 Å². The monoisotopic (exact) mass is 494 g/mol. The maximum absolute atomic E-state index is 12.7. The van der Waals surface area contributed by atoms with Crippen LogP contribution in [0.4, 0.5) is 0 Å². The minimum atomic E-state index is -0.355. The number of thioether (sulfide) groups is 1. The second kappa shape index (κ2) is 10.6. The van der Waals surface area contributed by atoms with E-state index in [1.165, 1.54) is 58.8 Å².